The van der Waals surface area contributed by atoms with Gasteiger partial charge in [-0.15, -0.1) is 11.3 Å². The van der Waals surface area contributed by atoms with E-state index in [1.807, 2.05) is 11.3 Å². The number of hydrogen-bond acceptors (Lipinski definition) is 3. The maximum absolute atomic E-state index is 3.58. The van der Waals surface area contributed by atoms with E-state index in [0.29, 0.717) is 0 Å². The first-order valence-corrected chi connectivity index (χ1v) is 8.21. The highest BCUT2D eigenvalue weighted by atomic mass is 32.1. The molecule has 108 valence electrons. The Morgan fingerprint density at radius 1 is 1.42 bits per heavy atom. The van der Waals surface area contributed by atoms with Crippen molar-refractivity contribution in [3.8, 4) is 0 Å². The predicted molar refractivity (Wildman–Crippen MR) is 84.7 cm³/mol. The standard InChI is InChI=1S/C16H28N2S/c1-12-6-7-18(10-12)11-14-8-15(19-13(14)2)9-17-16(3,4)5/h8,12,17H,6-7,9-11H2,1-5H3. The molecular weight excluding hydrogens is 252 g/mol. The molecule has 0 bridgehead atoms. The van der Waals surface area contributed by atoms with Gasteiger partial charge in [0.1, 0.15) is 0 Å². The second kappa shape index (κ2) is 5.94. The third kappa shape index (κ3) is 4.59. The number of hydrogen-bond donors (Lipinski definition) is 1. The smallest absolute Gasteiger partial charge is 0.0304 e. The van der Waals surface area contributed by atoms with Gasteiger partial charge in [0.2, 0.25) is 0 Å². The van der Waals surface area contributed by atoms with Crippen molar-refractivity contribution in [2.75, 3.05) is 13.1 Å². The van der Waals surface area contributed by atoms with Crippen LogP contribution in [0.3, 0.4) is 0 Å². The zero-order valence-electron chi connectivity index (χ0n) is 13.0. The fourth-order valence-electron chi connectivity index (χ4n) is 2.59. The molecule has 2 nitrogen and oxygen atoms in total. The van der Waals surface area contributed by atoms with Gasteiger partial charge in [0.15, 0.2) is 0 Å². The second-order valence-corrected chi connectivity index (χ2v) is 8.37. The molecule has 1 aliphatic heterocycles. The van der Waals surface area contributed by atoms with Gasteiger partial charge < -0.3 is 5.32 Å². The van der Waals surface area contributed by atoms with E-state index in [9.17, 15) is 0 Å². The lowest BCUT2D eigenvalue weighted by atomic mass is 10.1. The number of thiophene rings is 1. The molecule has 0 amide bonds. The summed E-state index contributed by atoms with van der Waals surface area (Å²) in [5.41, 5.74) is 1.73. The van der Waals surface area contributed by atoms with E-state index in [-0.39, 0.29) is 5.54 Å². The Morgan fingerprint density at radius 2 is 2.16 bits per heavy atom. The van der Waals surface area contributed by atoms with Crippen LogP contribution in [0, 0.1) is 12.8 Å². The van der Waals surface area contributed by atoms with Crippen molar-refractivity contribution >= 4 is 11.3 Å². The molecule has 2 rings (SSSR count). The summed E-state index contributed by atoms with van der Waals surface area (Å²) in [6.07, 6.45) is 1.36. The molecule has 0 spiro atoms. The van der Waals surface area contributed by atoms with Crippen molar-refractivity contribution in [2.24, 2.45) is 5.92 Å². The Labute approximate surface area is 122 Å². The molecule has 1 atom stereocenters. The molecule has 1 N–H and O–H groups in total. The minimum Gasteiger partial charge on any atom is -0.307 e. The summed E-state index contributed by atoms with van der Waals surface area (Å²) in [4.78, 5) is 5.56. The van der Waals surface area contributed by atoms with Gasteiger partial charge in [0, 0.05) is 34.9 Å². The zero-order valence-corrected chi connectivity index (χ0v) is 13.9. The Kier molecular flexibility index (Phi) is 4.70. The van der Waals surface area contributed by atoms with Gasteiger partial charge in [-0.05, 0) is 58.2 Å². The third-order valence-electron chi connectivity index (χ3n) is 3.77. The number of nitrogens with zero attached hydrogens (tertiary/aromatic N) is 1. The topological polar surface area (TPSA) is 15.3 Å². The largest absolute Gasteiger partial charge is 0.307 e. The van der Waals surface area contributed by atoms with E-state index < -0.39 is 0 Å². The lowest BCUT2D eigenvalue weighted by Crippen LogP contribution is -2.34. The van der Waals surface area contributed by atoms with Crippen LogP contribution in [0.15, 0.2) is 6.07 Å². The second-order valence-electron chi connectivity index (χ2n) is 7.03. The Morgan fingerprint density at radius 3 is 2.74 bits per heavy atom. The molecule has 0 aliphatic carbocycles. The first-order chi connectivity index (χ1) is 8.83. The Balaban J connectivity index is 1.93. The Hall–Kier alpha value is -0.380. The van der Waals surface area contributed by atoms with Gasteiger partial charge in [-0.1, -0.05) is 6.92 Å². The molecule has 0 aromatic carbocycles. The van der Waals surface area contributed by atoms with Crippen molar-refractivity contribution in [3.05, 3.63) is 21.4 Å². The number of aryl methyl sites for hydroxylation is 1. The van der Waals surface area contributed by atoms with E-state index in [0.717, 1.165) is 19.0 Å². The highest BCUT2D eigenvalue weighted by molar-refractivity contribution is 7.12. The van der Waals surface area contributed by atoms with Gasteiger partial charge in [-0.25, -0.2) is 0 Å². The average molecular weight is 280 g/mol. The van der Waals surface area contributed by atoms with E-state index in [4.69, 9.17) is 0 Å². The Bertz CT molecular complexity index is 417. The van der Waals surface area contributed by atoms with E-state index in [1.54, 1.807) is 0 Å². The summed E-state index contributed by atoms with van der Waals surface area (Å²) in [5, 5.41) is 3.58. The van der Waals surface area contributed by atoms with Crippen LogP contribution in [-0.2, 0) is 13.1 Å². The SMILES string of the molecule is Cc1sc(CNC(C)(C)C)cc1CN1CCC(C)C1. The van der Waals surface area contributed by atoms with Crippen molar-refractivity contribution in [3.63, 3.8) is 0 Å². The monoisotopic (exact) mass is 280 g/mol. The lowest BCUT2D eigenvalue weighted by molar-refractivity contribution is 0.320. The fourth-order valence-corrected chi connectivity index (χ4v) is 3.59. The maximum Gasteiger partial charge on any atom is 0.0304 e. The summed E-state index contributed by atoms with van der Waals surface area (Å²) in [7, 11) is 0. The molecule has 1 saturated heterocycles. The van der Waals surface area contributed by atoms with Crippen molar-refractivity contribution < 1.29 is 0 Å². The average Bonchev–Trinajstić information content (AvgIpc) is 2.83. The molecular formula is C16H28N2S. The molecule has 19 heavy (non-hydrogen) atoms. The van der Waals surface area contributed by atoms with Crippen molar-refractivity contribution in [1.82, 2.24) is 10.2 Å². The summed E-state index contributed by atoms with van der Waals surface area (Å²) < 4.78 is 0. The lowest BCUT2D eigenvalue weighted by Gasteiger charge is -2.19. The third-order valence-corrected chi connectivity index (χ3v) is 4.86. The molecule has 0 radical (unpaired) electrons. The van der Waals surface area contributed by atoms with Gasteiger partial charge in [-0.3, -0.25) is 4.90 Å². The maximum atomic E-state index is 3.58. The number of rotatable bonds is 4. The predicted octanol–water partition coefficient (Wildman–Crippen LogP) is 3.79. The minimum absolute atomic E-state index is 0.197. The molecule has 1 fully saturated rings. The van der Waals surface area contributed by atoms with Crippen LogP contribution in [-0.4, -0.2) is 23.5 Å². The molecule has 3 heteroatoms. The van der Waals surface area contributed by atoms with Gasteiger partial charge >= 0.3 is 0 Å². The van der Waals surface area contributed by atoms with E-state index in [1.165, 1.54) is 34.8 Å². The molecule has 1 aromatic rings. The van der Waals surface area contributed by atoms with Gasteiger partial charge in [0.25, 0.3) is 0 Å². The van der Waals surface area contributed by atoms with Crippen molar-refractivity contribution in [2.45, 2.75) is 59.7 Å². The highest BCUT2D eigenvalue weighted by Gasteiger charge is 2.20. The number of nitrogens with one attached hydrogen (secondary N) is 1. The highest BCUT2D eigenvalue weighted by Crippen LogP contribution is 2.25. The van der Waals surface area contributed by atoms with Crippen LogP contribution >= 0.6 is 11.3 Å². The first-order valence-electron chi connectivity index (χ1n) is 7.39. The van der Waals surface area contributed by atoms with Crippen LogP contribution in [0.5, 0.6) is 0 Å². The number of likely N-dealkylation sites (tertiary alicyclic amines) is 1. The minimum atomic E-state index is 0.197. The molecule has 1 aromatic heterocycles. The van der Waals surface area contributed by atoms with Crippen LogP contribution in [0.4, 0.5) is 0 Å². The molecule has 1 aliphatic rings. The molecule has 0 saturated carbocycles. The summed E-state index contributed by atoms with van der Waals surface area (Å²) >= 11 is 1.95. The van der Waals surface area contributed by atoms with Crippen LogP contribution in [0.25, 0.3) is 0 Å². The van der Waals surface area contributed by atoms with Crippen LogP contribution in [0.1, 0.15) is 49.4 Å². The summed E-state index contributed by atoms with van der Waals surface area (Å²) in [6, 6.07) is 2.40. The van der Waals surface area contributed by atoms with E-state index >= 15 is 0 Å². The quantitative estimate of drug-likeness (QED) is 0.903. The summed E-state index contributed by atoms with van der Waals surface area (Å²) in [6.45, 7) is 16.0. The summed E-state index contributed by atoms with van der Waals surface area (Å²) in [5.74, 6) is 0.876. The first kappa shape index (κ1) is 15.0. The fraction of sp³-hybridized carbons (Fsp3) is 0.750. The van der Waals surface area contributed by atoms with Crippen LogP contribution in [0.2, 0.25) is 0 Å². The van der Waals surface area contributed by atoms with Gasteiger partial charge in [-0.2, -0.15) is 0 Å². The van der Waals surface area contributed by atoms with E-state index in [2.05, 4.69) is 50.9 Å². The molecule has 2 heterocycles. The molecule has 1 unspecified atom stereocenters. The van der Waals surface area contributed by atoms with Crippen molar-refractivity contribution in [1.29, 1.82) is 0 Å². The normalized spacial score (nSPS) is 21.2. The van der Waals surface area contributed by atoms with Gasteiger partial charge in [0.05, 0.1) is 0 Å². The zero-order chi connectivity index (χ0) is 14.0. The van der Waals surface area contributed by atoms with Crippen LogP contribution < -0.4 is 5.32 Å².